The molecule has 1 fully saturated rings. The van der Waals surface area contributed by atoms with Gasteiger partial charge in [0, 0.05) is 80.5 Å². The molecule has 81 heavy (non-hydrogen) atoms. The van der Waals surface area contributed by atoms with Gasteiger partial charge in [0.25, 0.3) is 6.48 Å². The first-order chi connectivity index (χ1) is 38.4. The number of fused-ring (bicyclic) bond motifs is 4. The quantitative estimate of drug-likeness (QED) is 0.0507. The summed E-state index contributed by atoms with van der Waals surface area (Å²) >= 11 is 6.37. The molecular weight excluding hydrogens is 1190 g/mol. The molecule has 0 unspecified atom stereocenters. The average Bonchev–Trinajstić information content (AvgIpc) is 3.99. The van der Waals surface area contributed by atoms with Crippen LogP contribution in [0.25, 0.3) is 61.3 Å². The van der Waals surface area contributed by atoms with Crippen molar-refractivity contribution in [3.05, 3.63) is 142 Å². The van der Waals surface area contributed by atoms with E-state index in [9.17, 15) is 22.0 Å². The number of imidazole rings is 4. The number of anilines is 3. The number of halogens is 7. The lowest BCUT2D eigenvalue weighted by Crippen LogP contribution is -2.41. The van der Waals surface area contributed by atoms with Crippen LogP contribution in [0.3, 0.4) is 0 Å². The van der Waals surface area contributed by atoms with Gasteiger partial charge in [-0.3, -0.25) is 4.40 Å². The molecule has 0 amide bonds. The summed E-state index contributed by atoms with van der Waals surface area (Å²) in [5.41, 5.74) is 17.8. The SMILES string of the molecule is CCOC(OCC)OCC.CNc1cc(Br)cc(F)c1N.Cn1cnc2c(F)cc(-c3c(-c4cccc(F)c4)nc(N)c4nccn34)cc21.Cn1cnc2c(F)cc(B3OC(C)(C)C(C)(C)O3)cc21.Cn1cnc2c(F)cc(Br)cc21. The molecule has 0 saturated carbocycles. The summed E-state index contributed by atoms with van der Waals surface area (Å²) in [5.74, 6) is -1.71. The third-order valence-corrected chi connectivity index (χ3v) is 14.0. The Kier molecular flexibility index (Phi) is 20.0. The van der Waals surface area contributed by atoms with Gasteiger partial charge in [-0.1, -0.05) is 44.0 Å². The summed E-state index contributed by atoms with van der Waals surface area (Å²) in [4.78, 5) is 20.8. The van der Waals surface area contributed by atoms with Crippen LogP contribution >= 0.6 is 31.9 Å². The zero-order valence-corrected chi connectivity index (χ0v) is 49.6. The van der Waals surface area contributed by atoms with Crippen LogP contribution in [-0.4, -0.2) is 94.7 Å². The molecular formula is C56H62BBr2F5N12O5. The Bertz CT molecular complexity index is 3790. The molecule has 428 valence electrons. The molecule has 11 rings (SSSR count). The van der Waals surface area contributed by atoms with Gasteiger partial charge in [-0.2, -0.15) is 0 Å². The third kappa shape index (κ3) is 14.0. The Hall–Kier alpha value is -7.00. The monoisotopic (exact) mass is 1250 g/mol. The molecule has 0 bridgehead atoms. The maximum absolute atomic E-state index is 14.7. The van der Waals surface area contributed by atoms with Gasteiger partial charge >= 0.3 is 7.12 Å². The summed E-state index contributed by atoms with van der Waals surface area (Å²) < 4.78 is 104. The highest BCUT2D eigenvalue weighted by molar-refractivity contribution is 9.10. The van der Waals surface area contributed by atoms with Crippen molar-refractivity contribution in [3.8, 4) is 22.5 Å². The fraction of sp³-hybridized carbons (Fsp3) is 0.304. The number of nitrogens with two attached hydrogens (primary N) is 2. The summed E-state index contributed by atoms with van der Waals surface area (Å²) in [6.45, 7) is 15.0. The first kappa shape index (κ1) is 61.6. The number of benzene rings is 5. The second-order valence-electron chi connectivity index (χ2n) is 19.2. The minimum atomic E-state index is -0.561. The van der Waals surface area contributed by atoms with Crippen LogP contribution in [0.2, 0.25) is 0 Å². The number of nitrogen functional groups attached to an aromatic ring is 2. The summed E-state index contributed by atoms with van der Waals surface area (Å²) in [6, 6.07) is 18.9. The molecule has 25 heteroatoms. The van der Waals surface area contributed by atoms with Gasteiger partial charge < -0.3 is 54.0 Å². The van der Waals surface area contributed by atoms with Crippen molar-refractivity contribution in [1.82, 2.24) is 43.0 Å². The van der Waals surface area contributed by atoms with Gasteiger partial charge in [0.15, 0.2) is 28.9 Å². The second-order valence-corrected chi connectivity index (χ2v) is 21.0. The molecule has 1 saturated heterocycles. The molecule has 6 heterocycles. The number of nitrogens with one attached hydrogen (secondary N) is 1. The van der Waals surface area contributed by atoms with E-state index in [1.807, 2.05) is 80.8 Å². The Morgan fingerprint density at radius 1 is 0.642 bits per heavy atom. The van der Waals surface area contributed by atoms with Crippen molar-refractivity contribution in [3.63, 3.8) is 0 Å². The van der Waals surface area contributed by atoms with E-state index in [4.69, 9.17) is 35.0 Å². The standard InChI is InChI=1S/C20H14F2N6.C14H18BFN2O2.C8H6BrFN2.C7H8BrFN2.C7H16O3/c1-27-10-25-17-14(22)8-12(9-15(17)27)18-16(11-3-2-4-13(21)7-11)26-19(23)20-24-5-6-28(18)20;1-13(2)14(3,4)20-15(19-13)9-6-10(16)12-11(7-9)18(5)8-17-12;1-12-4-11-8-6(10)2-5(9)3-7(8)12;1-11-6-3-4(8)2-5(9)7(6)10;1-4-8-7(9-5-2)10-6-3/h2-10H,1H3,(H2,23,26);6-8H,1-5H3;2-4H,1H3;2-3,11H,10H2,1H3;7H,4-6H2,1-3H3. The molecule has 5 aromatic carbocycles. The van der Waals surface area contributed by atoms with Crippen LogP contribution in [-0.2, 0) is 44.7 Å². The van der Waals surface area contributed by atoms with E-state index in [1.54, 1.807) is 81.8 Å². The maximum Gasteiger partial charge on any atom is 0.495 e. The van der Waals surface area contributed by atoms with Crippen LogP contribution < -0.4 is 22.2 Å². The lowest BCUT2D eigenvalue weighted by molar-refractivity contribution is -0.282. The average molecular weight is 1250 g/mol. The number of ether oxygens (including phenoxy) is 3. The molecule has 10 aromatic rings. The number of hydrogen-bond acceptors (Lipinski definition) is 13. The number of hydrogen-bond donors (Lipinski definition) is 3. The van der Waals surface area contributed by atoms with Crippen LogP contribution in [0, 0.1) is 29.1 Å². The van der Waals surface area contributed by atoms with Gasteiger partial charge in [-0.25, -0.2) is 46.9 Å². The molecule has 0 radical (unpaired) electrons. The summed E-state index contributed by atoms with van der Waals surface area (Å²) in [6.07, 6.45) is 8.06. The van der Waals surface area contributed by atoms with Gasteiger partial charge in [-0.05, 0) is 115 Å². The Morgan fingerprint density at radius 3 is 1.69 bits per heavy atom. The predicted molar refractivity (Wildman–Crippen MR) is 314 cm³/mol. The maximum atomic E-state index is 14.7. The molecule has 5 aromatic heterocycles. The molecule has 17 nitrogen and oxygen atoms in total. The van der Waals surface area contributed by atoms with Gasteiger partial charge in [0.1, 0.15) is 28.2 Å². The van der Waals surface area contributed by atoms with Gasteiger partial charge in [0.2, 0.25) is 0 Å². The van der Waals surface area contributed by atoms with Crippen molar-refractivity contribution in [1.29, 1.82) is 0 Å². The number of nitrogens with zero attached hydrogens (tertiary/aromatic N) is 9. The van der Waals surface area contributed by atoms with Crippen LogP contribution in [0.1, 0.15) is 48.5 Å². The van der Waals surface area contributed by atoms with Crippen molar-refractivity contribution >= 4 is 100 Å². The molecule has 0 spiro atoms. The topological polar surface area (TPSA) is 194 Å². The van der Waals surface area contributed by atoms with E-state index in [0.717, 1.165) is 15.5 Å². The fourth-order valence-corrected chi connectivity index (χ4v) is 9.12. The van der Waals surface area contributed by atoms with E-state index in [-0.39, 0.29) is 28.7 Å². The Morgan fingerprint density at radius 2 is 1.15 bits per heavy atom. The van der Waals surface area contributed by atoms with E-state index in [2.05, 4.69) is 62.1 Å². The zero-order chi connectivity index (χ0) is 59.1. The zero-order valence-electron chi connectivity index (χ0n) is 46.5. The normalized spacial score (nSPS) is 13.4. The molecule has 5 N–H and O–H groups in total. The number of aromatic nitrogens is 9. The second kappa shape index (κ2) is 26.3. The predicted octanol–water partition coefficient (Wildman–Crippen LogP) is 11.9. The minimum absolute atomic E-state index is 0.149. The Balaban J connectivity index is 0.000000156. The first-order valence-electron chi connectivity index (χ1n) is 25.4. The van der Waals surface area contributed by atoms with E-state index >= 15 is 0 Å². The third-order valence-electron chi connectivity index (χ3n) is 13.1. The first-order valence-corrected chi connectivity index (χ1v) is 27.0. The molecule has 1 aliphatic heterocycles. The highest BCUT2D eigenvalue weighted by atomic mass is 79.9. The molecule has 0 aliphatic carbocycles. The molecule has 0 atom stereocenters. The lowest BCUT2D eigenvalue weighted by Gasteiger charge is -2.32. The van der Waals surface area contributed by atoms with E-state index in [0.29, 0.717) is 80.2 Å². The molecule has 1 aliphatic rings. The Labute approximate surface area is 482 Å². The highest BCUT2D eigenvalue weighted by Crippen LogP contribution is 2.38. The largest absolute Gasteiger partial charge is 0.495 e. The van der Waals surface area contributed by atoms with Crippen LogP contribution in [0.15, 0.2) is 113 Å². The van der Waals surface area contributed by atoms with E-state index in [1.165, 1.54) is 36.4 Å². The van der Waals surface area contributed by atoms with Gasteiger partial charge in [0.05, 0.1) is 69.5 Å². The van der Waals surface area contributed by atoms with Crippen molar-refractivity contribution < 1.29 is 45.5 Å². The smallest absolute Gasteiger partial charge is 0.399 e. The number of aryl methyl sites for hydroxylation is 3. The fourth-order valence-electron chi connectivity index (χ4n) is 8.27. The lowest BCUT2D eigenvalue weighted by atomic mass is 9.79. The van der Waals surface area contributed by atoms with E-state index < -0.39 is 42.2 Å². The summed E-state index contributed by atoms with van der Waals surface area (Å²) in [5, 5.41) is 2.78. The van der Waals surface area contributed by atoms with Crippen molar-refractivity contribution in [2.24, 2.45) is 21.1 Å². The van der Waals surface area contributed by atoms with Crippen LogP contribution in [0.4, 0.5) is 39.1 Å². The number of rotatable bonds is 10. The van der Waals surface area contributed by atoms with Crippen molar-refractivity contribution in [2.75, 3.05) is 43.7 Å². The van der Waals surface area contributed by atoms with Gasteiger partial charge in [-0.15, -0.1) is 0 Å². The summed E-state index contributed by atoms with van der Waals surface area (Å²) in [7, 11) is 6.59. The van der Waals surface area contributed by atoms with Crippen LogP contribution in [0.5, 0.6) is 0 Å². The minimum Gasteiger partial charge on any atom is -0.399 e. The highest BCUT2D eigenvalue weighted by Gasteiger charge is 2.52. The van der Waals surface area contributed by atoms with Crippen molar-refractivity contribution in [2.45, 2.75) is 66.1 Å².